The van der Waals surface area contributed by atoms with Crippen molar-refractivity contribution in [2.45, 2.75) is 38.9 Å². The summed E-state index contributed by atoms with van der Waals surface area (Å²) < 4.78 is 1.91. The maximum absolute atomic E-state index is 9.48. The fraction of sp³-hybridized carbons (Fsp3) is 0.467. The number of benzene rings is 1. The summed E-state index contributed by atoms with van der Waals surface area (Å²) in [6.07, 6.45) is 3.42. The SMILES string of the molecule is CCCn1ncnc1CNC(CO)Cc1ccccc1. The maximum atomic E-state index is 9.48. The maximum Gasteiger partial charge on any atom is 0.140 e. The molecule has 108 valence electrons. The Balaban J connectivity index is 1.89. The molecule has 0 saturated heterocycles. The minimum atomic E-state index is 0.0316. The number of nitrogens with one attached hydrogen (secondary N) is 1. The van der Waals surface area contributed by atoms with Crippen molar-refractivity contribution < 1.29 is 5.11 Å². The van der Waals surface area contributed by atoms with Gasteiger partial charge in [-0.1, -0.05) is 37.3 Å². The summed E-state index contributed by atoms with van der Waals surface area (Å²) in [5.41, 5.74) is 1.22. The van der Waals surface area contributed by atoms with E-state index in [2.05, 4.69) is 34.5 Å². The average molecular weight is 274 g/mol. The largest absolute Gasteiger partial charge is 0.395 e. The molecule has 0 saturated carbocycles. The van der Waals surface area contributed by atoms with Crippen LogP contribution >= 0.6 is 0 Å². The molecule has 0 aliphatic carbocycles. The van der Waals surface area contributed by atoms with Gasteiger partial charge in [0.2, 0.25) is 0 Å². The Labute approximate surface area is 119 Å². The molecule has 1 unspecified atom stereocenters. The Morgan fingerprint density at radius 3 is 2.80 bits per heavy atom. The van der Waals surface area contributed by atoms with Crippen LogP contribution in [-0.4, -0.2) is 32.5 Å². The van der Waals surface area contributed by atoms with Crippen molar-refractivity contribution in [3.8, 4) is 0 Å². The van der Waals surface area contributed by atoms with E-state index < -0.39 is 0 Å². The van der Waals surface area contributed by atoms with Crippen molar-refractivity contribution in [1.29, 1.82) is 0 Å². The minimum Gasteiger partial charge on any atom is -0.395 e. The second-order valence-electron chi connectivity index (χ2n) is 4.85. The van der Waals surface area contributed by atoms with E-state index in [1.807, 2.05) is 22.9 Å². The second-order valence-corrected chi connectivity index (χ2v) is 4.85. The number of rotatable bonds is 8. The molecule has 5 nitrogen and oxygen atoms in total. The lowest BCUT2D eigenvalue weighted by Crippen LogP contribution is -2.35. The Kier molecular flexibility index (Phi) is 5.70. The summed E-state index contributed by atoms with van der Waals surface area (Å²) >= 11 is 0. The normalized spacial score (nSPS) is 12.5. The van der Waals surface area contributed by atoms with Gasteiger partial charge in [-0.2, -0.15) is 5.10 Å². The molecule has 5 heteroatoms. The third-order valence-electron chi connectivity index (χ3n) is 3.23. The average Bonchev–Trinajstić information content (AvgIpc) is 2.92. The molecule has 20 heavy (non-hydrogen) atoms. The Morgan fingerprint density at radius 1 is 1.30 bits per heavy atom. The Bertz CT molecular complexity index is 498. The van der Waals surface area contributed by atoms with Crippen LogP contribution in [0.3, 0.4) is 0 Å². The van der Waals surface area contributed by atoms with Crippen LogP contribution in [0.4, 0.5) is 0 Å². The van der Waals surface area contributed by atoms with Crippen LogP contribution in [0.15, 0.2) is 36.7 Å². The highest BCUT2D eigenvalue weighted by Crippen LogP contribution is 2.04. The molecule has 0 bridgehead atoms. The summed E-state index contributed by atoms with van der Waals surface area (Å²) in [5.74, 6) is 0.915. The fourth-order valence-electron chi connectivity index (χ4n) is 2.16. The zero-order valence-electron chi connectivity index (χ0n) is 11.9. The summed E-state index contributed by atoms with van der Waals surface area (Å²) in [7, 11) is 0. The molecule has 2 N–H and O–H groups in total. The van der Waals surface area contributed by atoms with E-state index in [9.17, 15) is 5.11 Å². The number of aliphatic hydroxyl groups excluding tert-OH is 1. The Morgan fingerprint density at radius 2 is 2.10 bits per heavy atom. The van der Waals surface area contributed by atoms with Crippen molar-refractivity contribution >= 4 is 0 Å². The van der Waals surface area contributed by atoms with Gasteiger partial charge in [0, 0.05) is 12.6 Å². The molecule has 1 heterocycles. The second kappa shape index (κ2) is 7.77. The third kappa shape index (κ3) is 4.15. The van der Waals surface area contributed by atoms with E-state index in [0.717, 1.165) is 25.2 Å². The molecule has 2 aromatic rings. The van der Waals surface area contributed by atoms with Gasteiger partial charge in [0.05, 0.1) is 13.2 Å². The molecule has 1 aromatic heterocycles. The van der Waals surface area contributed by atoms with E-state index in [-0.39, 0.29) is 12.6 Å². The first-order valence-electron chi connectivity index (χ1n) is 7.08. The summed E-state index contributed by atoms with van der Waals surface area (Å²) in [5, 5.41) is 17.0. The molecule has 0 radical (unpaired) electrons. The topological polar surface area (TPSA) is 63.0 Å². The van der Waals surface area contributed by atoms with Crippen LogP contribution in [0.1, 0.15) is 24.7 Å². The van der Waals surface area contributed by atoms with Crippen LogP contribution in [0.25, 0.3) is 0 Å². The molecule has 0 aliphatic heterocycles. The van der Waals surface area contributed by atoms with Gasteiger partial charge in [0.15, 0.2) is 0 Å². The lowest BCUT2D eigenvalue weighted by atomic mass is 10.1. The molecular weight excluding hydrogens is 252 g/mol. The van der Waals surface area contributed by atoms with E-state index in [0.29, 0.717) is 6.54 Å². The zero-order valence-corrected chi connectivity index (χ0v) is 11.9. The highest BCUT2D eigenvalue weighted by atomic mass is 16.3. The number of aliphatic hydroxyl groups is 1. The molecule has 0 fully saturated rings. The predicted octanol–water partition coefficient (Wildman–Crippen LogP) is 1.38. The molecule has 0 aliphatic rings. The number of hydrogen-bond donors (Lipinski definition) is 2. The highest BCUT2D eigenvalue weighted by Gasteiger charge is 2.10. The van der Waals surface area contributed by atoms with Gasteiger partial charge in [-0.05, 0) is 18.4 Å². The monoisotopic (exact) mass is 274 g/mol. The lowest BCUT2D eigenvalue weighted by molar-refractivity contribution is 0.239. The van der Waals surface area contributed by atoms with Gasteiger partial charge in [0.25, 0.3) is 0 Å². The smallest absolute Gasteiger partial charge is 0.140 e. The molecule has 0 amide bonds. The molecule has 2 rings (SSSR count). The van der Waals surface area contributed by atoms with Crippen molar-refractivity contribution in [2.24, 2.45) is 0 Å². The first-order valence-corrected chi connectivity index (χ1v) is 7.08. The van der Waals surface area contributed by atoms with Gasteiger partial charge >= 0.3 is 0 Å². The number of aromatic nitrogens is 3. The van der Waals surface area contributed by atoms with Gasteiger partial charge in [-0.3, -0.25) is 0 Å². The van der Waals surface area contributed by atoms with Gasteiger partial charge in [-0.25, -0.2) is 9.67 Å². The quantitative estimate of drug-likeness (QED) is 0.763. The van der Waals surface area contributed by atoms with Crippen LogP contribution in [-0.2, 0) is 19.5 Å². The fourth-order valence-corrected chi connectivity index (χ4v) is 2.16. The van der Waals surface area contributed by atoms with Crippen molar-refractivity contribution in [3.63, 3.8) is 0 Å². The first-order chi connectivity index (χ1) is 9.83. The third-order valence-corrected chi connectivity index (χ3v) is 3.23. The molecular formula is C15H22N4O. The van der Waals surface area contributed by atoms with E-state index in [4.69, 9.17) is 0 Å². The van der Waals surface area contributed by atoms with Crippen LogP contribution in [0, 0.1) is 0 Å². The minimum absolute atomic E-state index is 0.0316. The summed E-state index contributed by atoms with van der Waals surface area (Å²) in [6, 6.07) is 10.2. The van der Waals surface area contributed by atoms with Crippen molar-refractivity contribution in [1.82, 2.24) is 20.1 Å². The van der Waals surface area contributed by atoms with E-state index in [1.165, 1.54) is 5.56 Å². The zero-order chi connectivity index (χ0) is 14.2. The summed E-state index contributed by atoms with van der Waals surface area (Å²) in [4.78, 5) is 4.26. The van der Waals surface area contributed by atoms with E-state index >= 15 is 0 Å². The van der Waals surface area contributed by atoms with Gasteiger partial charge in [-0.15, -0.1) is 0 Å². The number of hydrogen-bond acceptors (Lipinski definition) is 4. The number of nitrogens with zero attached hydrogens (tertiary/aromatic N) is 3. The predicted molar refractivity (Wildman–Crippen MR) is 78.2 cm³/mol. The van der Waals surface area contributed by atoms with Crippen molar-refractivity contribution in [3.05, 3.63) is 48.0 Å². The highest BCUT2D eigenvalue weighted by molar-refractivity contribution is 5.15. The standard InChI is InChI=1S/C15H22N4O/c1-2-8-19-15(17-12-18-19)10-16-14(11-20)9-13-6-4-3-5-7-13/h3-7,12,14,16,20H,2,8-11H2,1H3. The van der Waals surface area contributed by atoms with Crippen LogP contribution in [0.2, 0.25) is 0 Å². The van der Waals surface area contributed by atoms with Gasteiger partial charge < -0.3 is 10.4 Å². The van der Waals surface area contributed by atoms with Crippen molar-refractivity contribution in [2.75, 3.05) is 6.61 Å². The first kappa shape index (κ1) is 14.7. The lowest BCUT2D eigenvalue weighted by Gasteiger charge is -2.16. The Hall–Kier alpha value is -1.72. The number of aryl methyl sites for hydroxylation is 1. The molecule has 1 atom stereocenters. The molecule has 1 aromatic carbocycles. The molecule has 0 spiro atoms. The van der Waals surface area contributed by atoms with Crippen LogP contribution < -0.4 is 5.32 Å². The van der Waals surface area contributed by atoms with Gasteiger partial charge in [0.1, 0.15) is 12.2 Å². The van der Waals surface area contributed by atoms with Crippen LogP contribution in [0.5, 0.6) is 0 Å². The summed E-state index contributed by atoms with van der Waals surface area (Å²) in [6.45, 7) is 3.72. The van der Waals surface area contributed by atoms with E-state index in [1.54, 1.807) is 6.33 Å².